The van der Waals surface area contributed by atoms with Gasteiger partial charge in [0.15, 0.2) is 9.84 Å². The van der Waals surface area contributed by atoms with E-state index in [0.717, 1.165) is 16.7 Å². The zero-order chi connectivity index (χ0) is 16.8. The number of nitrogens with zero attached hydrogens (tertiary/aromatic N) is 2. The molecule has 0 aliphatic carbocycles. The molecule has 0 bridgehead atoms. The molecule has 3 rings (SSSR count). The summed E-state index contributed by atoms with van der Waals surface area (Å²) in [7, 11) is -3.11. The number of fused-ring (bicyclic) bond motifs is 1. The van der Waals surface area contributed by atoms with Crippen molar-refractivity contribution in [2.75, 3.05) is 29.5 Å². The Morgan fingerprint density at radius 1 is 1.17 bits per heavy atom. The highest BCUT2D eigenvalue weighted by molar-refractivity contribution is 9.10. The standard InChI is InChI=1S/C16H21BrN2O3S/c1-11(2)7-18-8-16(20)19(13-5-3-12(17)4-6-13)15-10-23(21,22)9-14(15)18/h3-6,11,14-15H,7-10H2,1-2H3/t14-,15+/m0/s1. The SMILES string of the molecule is CC(C)CN1CC(=O)N(c2ccc(Br)cc2)[C@@H]2CS(=O)(=O)C[C@@H]21. The average molecular weight is 401 g/mol. The molecule has 2 heterocycles. The fraction of sp³-hybridized carbons (Fsp3) is 0.562. The number of carbonyl (C=O) groups excluding carboxylic acids is 1. The number of hydrogen-bond donors (Lipinski definition) is 0. The Kier molecular flexibility index (Phi) is 4.55. The summed E-state index contributed by atoms with van der Waals surface area (Å²) in [5.74, 6) is 0.566. The molecule has 0 unspecified atom stereocenters. The first-order valence-electron chi connectivity index (χ1n) is 7.79. The van der Waals surface area contributed by atoms with Crippen molar-refractivity contribution in [3.63, 3.8) is 0 Å². The molecule has 1 amide bonds. The molecule has 5 nitrogen and oxygen atoms in total. The Hall–Kier alpha value is -0.920. The molecule has 0 aromatic heterocycles. The molecule has 1 aromatic rings. The lowest BCUT2D eigenvalue weighted by atomic mass is 10.0. The van der Waals surface area contributed by atoms with Crippen LogP contribution < -0.4 is 4.90 Å². The topological polar surface area (TPSA) is 57.7 Å². The monoisotopic (exact) mass is 400 g/mol. The molecule has 2 saturated heterocycles. The molecule has 0 saturated carbocycles. The molecular formula is C16H21BrN2O3S. The van der Waals surface area contributed by atoms with Crippen LogP contribution in [-0.4, -0.2) is 55.9 Å². The first-order valence-corrected chi connectivity index (χ1v) is 10.4. The van der Waals surface area contributed by atoms with Crippen LogP contribution in [-0.2, 0) is 14.6 Å². The van der Waals surface area contributed by atoms with Gasteiger partial charge in [-0.2, -0.15) is 0 Å². The minimum atomic E-state index is -3.11. The van der Waals surface area contributed by atoms with Gasteiger partial charge in [0.25, 0.3) is 0 Å². The fourth-order valence-electron chi connectivity index (χ4n) is 3.56. The van der Waals surface area contributed by atoms with E-state index in [1.54, 1.807) is 4.90 Å². The largest absolute Gasteiger partial charge is 0.306 e. The van der Waals surface area contributed by atoms with Gasteiger partial charge < -0.3 is 4.90 Å². The first-order chi connectivity index (χ1) is 10.8. The van der Waals surface area contributed by atoms with Gasteiger partial charge in [-0.1, -0.05) is 29.8 Å². The van der Waals surface area contributed by atoms with Gasteiger partial charge in [-0.3, -0.25) is 9.69 Å². The molecule has 0 radical (unpaired) electrons. The molecule has 2 aliphatic heterocycles. The van der Waals surface area contributed by atoms with Crippen LogP contribution in [0.5, 0.6) is 0 Å². The second-order valence-corrected chi connectivity index (χ2v) is 9.84. The normalized spacial score (nSPS) is 27.5. The maximum Gasteiger partial charge on any atom is 0.241 e. The highest BCUT2D eigenvalue weighted by Crippen LogP contribution is 2.32. The number of anilines is 1. The third kappa shape index (κ3) is 3.46. The van der Waals surface area contributed by atoms with Gasteiger partial charge in [-0.15, -0.1) is 0 Å². The predicted octanol–water partition coefficient (Wildman–Crippen LogP) is 1.92. The third-order valence-corrected chi connectivity index (χ3v) is 6.63. The quantitative estimate of drug-likeness (QED) is 0.777. The number of rotatable bonds is 3. The number of piperazine rings is 1. The Balaban J connectivity index is 1.96. The van der Waals surface area contributed by atoms with Crippen molar-refractivity contribution in [2.24, 2.45) is 5.92 Å². The first kappa shape index (κ1) is 16.9. The van der Waals surface area contributed by atoms with Crippen molar-refractivity contribution < 1.29 is 13.2 Å². The zero-order valence-corrected chi connectivity index (χ0v) is 15.7. The molecule has 0 N–H and O–H groups in total. The fourth-order valence-corrected chi connectivity index (χ4v) is 5.81. The minimum absolute atomic E-state index is 0.0219. The van der Waals surface area contributed by atoms with Crippen molar-refractivity contribution in [1.82, 2.24) is 4.90 Å². The molecule has 2 fully saturated rings. The van der Waals surface area contributed by atoms with Crippen molar-refractivity contribution >= 4 is 37.4 Å². The summed E-state index contributed by atoms with van der Waals surface area (Å²) in [6, 6.07) is 7.08. The van der Waals surface area contributed by atoms with Crippen LogP contribution in [0.4, 0.5) is 5.69 Å². The third-order valence-electron chi connectivity index (χ3n) is 4.41. The number of carbonyl (C=O) groups is 1. The van der Waals surface area contributed by atoms with E-state index in [1.807, 2.05) is 24.3 Å². The van der Waals surface area contributed by atoms with Crippen molar-refractivity contribution in [3.05, 3.63) is 28.7 Å². The van der Waals surface area contributed by atoms with Crippen LogP contribution in [0.3, 0.4) is 0 Å². The molecule has 1 aromatic carbocycles. The lowest BCUT2D eigenvalue weighted by molar-refractivity contribution is -0.123. The lowest BCUT2D eigenvalue weighted by Gasteiger charge is -2.44. The van der Waals surface area contributed by atoms with Crippen LogP contribution in [0, 0.1) is 5.92 Å². The second-order valence-electron chi connectivity index (χ2n) is 6.78. The van der Waals surface area contributed by atoms with Crippen LogP contribution >= 0.6 is 15.9 Å². The molecule has 2 atom stereocenters. The van der Waals surface area contributed by atoms with Gasteiger partial charge in [0.1, 0.15) is 0 Å². The van der Waals surface area contributed by atoms with E-state index in [-0.39, 0.29) is 36.0 Å². The Morgan fingerprint density at radius 3 is 2.39 bits per heavy atom. The highest BCUT2D eigenvalue weighted by atomic mass is 79.9. The van der Waals surface area contributed by atoms with Crippen LogP contribution in [0.2, 0.25) is 0 Å². The minimum Gasteiger partial charge on any atom is -0.306 e. The molecule has 7 heteroatoms. The average Bonchev–Trinajstić information content (AvgIpc) is 2.75. The van der Waals surface area contributed by atoms with Crippen LogP contribution in [0.1, 0.15) is 13.8 Å². The van der Waals surface area contributed by atoms with Gasteiger partial charge in [-0.05, 0) is 30.2 Å². The van der Waals surface area contributed by atoms with Crippen molar-refractivity contribution in [3.8, 4) is 0 Å². The molecular weight excluding hydrogens is 380 g/mol. The van der Waals surface area contributed by atoms with E-state index < -0.39 is 9.84 Å². The van der Waals surface area contributed by atoms with E-state index in [9.17, 15) is 13.2 Å². The summed E-state index contributed by atoms with van der Waals surface area (Å²) >= 11 is 3.39. The molecule has 0 spiro atoms. The summed E-state index contributed by atoms with van der Waals surface area (Å²) in [5, 5.41) is 0. The lowest BCUT2D eigenvalue weighted by Crippen LogP contribution is -2.62. The van der Waals surface area contributed by atoms with E-state index in [2.05, 4.69) is 34.7 Å². The van der Waals surface area contributed by atoms with E-state index in [1.165, 1.54) is 0 Å². The number of sulfone groups is 1. The smallest absolute Gasteiger partial charge is 0.241 e. The maximum atomic E-state index is 12.7. The zero-order valence-electron chi connectivity index (χ0n) is 13.3. The van der Waals surface area contributed by atoms with Crippen LogP contribution in [0.15, 0.2) is 28.7 Å². The van der Waals surface area contributed by atoms with E-state index in [0.29, 0.717) is 5.92 Å². The summed E-state index contributed by atoms with van der Waals surface area (Å²) in [4.78, 5) is 16.4. The number of hydrogen-bond acceptors (Lipinski definition) is 4. The van der Waals surface area contributed by atoms with Gasteiger partial charge in [0.05, 0.1) is 24.1 Å². The predicted molar refractivity (Wildman–Crippen MR) is 94.3 cm³/mol. The number of amides is 1. The van der Waals surface area contributed by atoms with Crippen molar-refractivity contribution in [2.45, 2.75) is 25.9 Å². The highest BCUT2D eigenvalue weighted by Gasteiger charge is 2.49. The summed E-state index contributed by atoms with van der Waals surface area (Å²) in [5.41, 5.74) is 0.773. The van der Waals surface area contributed by atoms with Crippen LogP contribution in [0.25, 0.3) is 0 Å². The van der Waals surface area contributed by atoms with Gasteiger partial charge in [0.2, 0.25) is 5.91 Å². The maximum absolute atomic E-state index is 12.7. The second kappa shape index (κ2) is 6.18. The molecule has 2 aliphatic rings. The van der Waals surface area contributed by atoms with E-state index in [4.69, 9.17) is 0 Å². The summed E-state index contributed by atoms with van der Waals surface area (Å²) in [6.45, 7) is 5.20. The van der Waals surface area contributed by atoms with Gasteiger partial charge in [-0.25, -0.2) is 8.42 Å². The van der Waals surface area contributed by atoms with Crippen molar-refractivity contribution in [1.29, 1.82) is 0 Å². The Labute approximate surface area is 145 Å². The van der Waals surface area contributed by atoms with Gasteiger partial charge in [0, 0.05) is 22.7 Å². The van der Waals surface area contributed by atoms with E-state index >= 15 is 0 Å². The number of benzene rings is 1. The molecule has 126 valence electrons. The molecule has 23 heavy (non-hydrogen) atoms. The summed E-state index contributed by atoms with van der Waals surface area (Å²) < 4.78 is 25.3. The Morgan fingerprint density at radius 2 is 1.78 bits per heavy atom. The Bertz CT molecular complexity index is 703. The number of halogens is 1. The van der Waals surface area contributed by atoms with Gasteiger partial charge >= 0.3 is 0 Å². The summed E-state index contributed by atoms with van der Waals surface area (Å²) in [6.07, 6.45) is 0.